The van der Waals surface area contributed by atoms with Gasteiger partial charge in [0.1, 0.15) is 5.75 Å². The fraction of sp³-hybridized carbons (Fsp3) is 0.600. The zero-order chi connectivity index (χ0) is 13.9. The zero-order valence-electron chi connectivity index (χ0n) is 12.6. The fourth-order valence-electron chi connectivity index (χ4n) is 2.53. The highest BCUT2D eigenvalue weighted by Gasteiger charge is 2.30. The number of ether oxygens (including phenoxy) is 1. The van der Waals surface area contributed by atoms with Gasteiger partial charge in [0, 0.05) is 11.1 Å². The highest BCUT2D eigenvalue weighted by Crippen LogP contribution is 2.35. The van der Waals surface area contributed by atoms with Gasteiger partial charge in [-0.1, -0.05) is 17.7 Å². The van der Waals surface area contributed by atoms with E-state index in [1.54, 1.807) is 7.11 Å². The molecule has 0 aromatic heterocycles. The highest BCUT2D eigenvalue weighted by molar-refractivity contribution is 5.46. The van der Waals surface area contributed by atoms with E-state index < -0.39 is 0 Å². The molecule has 1 aromatic rings. The molecule has 0 aliphatic rings. The summed E-state index contributed by atoms with van der Waals surface area (Å²) in [5, 5.41) is 6.76. The fourth-order valence-corrected chi connectivity index (χ4v) is 2.53. The number of rotatable bonds is 5. The van der Waals surface area contributed by atoms with Crippen LogP contribution in [0.4, 0.5) is 0 Å². The lowest BCUT2D eigenvalue weighted by Gasteiger charge is -2.35. The van der Waals surface area contributed by atoms with Gasteiger partial charge in [0.05, 0.1) is 13.2 Å². The van der Waals surface area contributed by atoms with Gasteiger partial charge in [0.15, 0.2) is 0 Å². The molecule has 0 amide bonds. The molecule has 102 valence electrons. The van der Waals surface area contributed by atoms with Crippen LogP contribution in [0.2, 0.25) is 0 Å². The molecule has 0 saturated carbocycles. The molecule has 0 bridgehead atoms. The van der Waals surface area contributed by atoms with E-state index in [0.717, 1.165) is 5.75 Å². The second kappa shape index (κ2) is 5.72. The number of likely N-dealkylation sites (N-methyl/N-ethyl adjacent to an activating group) is 2. The third-order valence-corrected chi connectivity index (χ3v) is 3.62. The molecular formula is C15H26N2O. The minimum absolute atomic E-state index is 0.0533. The number of hydrogen-bond acceptors (Lipinski definition) is 3. The van der Waals surface area contributed by atoms with Crippen LogP contribution in [-0.2, 0) is 0 Å². The summed E-state index contributed by atoms with van der Waals surface area (Å²) in [7, 11) is 5.71. The van der Waals surface area contributed by atoms with Gasteiger partial charge in [-0.05, 0) is 47.4 Å². The molecule has 2 N–H and O–H groups in total. The maximum absolute atomic E-state index is 5.59. The third kappa shape index (κ3) is 2.85. The van der Waals surface area contributed by atoms with Crippen LogP contribution in [0.25, 0.3) is 0 Å². The smallest absolute Gasteiger partial charge is 0.126 e. The van der Waals surface area contributed by atoms with E-state index >= 15 is 0 Å². The number of benzene rings is 1. The van der Waals surface area contributed by atoms with Crippen molar-refractivity contribution in [1.82, 2.24) is 10.6 Å². The molecule has 0 aliphatic heterocycles. The Morgan fingerprint density at radius 2 is 1.78 bits per heavy atom. The largest absolute Gasteiger partial charge is 0.496 e. The number of nitrogens with one attached hydrogen (secondary N) is 2. The molecule has 0 heterocycles. The third-order valence-electron chi connectivity index (χ3n) is 3.62. The van der Waals surface area contributed by atoms with Crippen molar-refractivity contribution in [1.29, 1.82) is 0 Å². The van der Waals surface area contributed by atoms with Crippen LogP contribution in [0.5, 0.6) is 5.75 Å². The van der Waals surface area contributed by atoms with Crippen molar-refractivity contribution >= 4 is 0 Å². The molecule has 3 nitrogen and oxygen atoms in total. The Balaban J connectivity index is 3.37. The molecule has 0 saturated heterocycles. The summed E-state index contributed by atoms with van der Waals surface area (Å²) in [6, 6.07) is 4.55. The molecule has 0 aliphatic carbocycles. The molecule has 18 heavy (non-hydrogen) atoms. The highest BCUT2D eigenvalue weighted by atomic mass is 16.5. The summed E-state index contributed by atoms with van der Waals surface area (Å²) < 4.78 is 5.59. The number of hydrogen-bond donors (Lipinski definition) is 2. The van der Waals surface area contributed by atoms with Crippen molar-refractivity contribution in [2.75, 3.05) is 21.2 Å². The maximum atomic E-state index is 5.59. The molecule has 1 unspecified atom stereocenters. The quantitative estimate of drug-likeness (QED) is 0.842. The van der Waals surface area contributed by atoms with Crippen LogP contribution in [0.1, 0.15) is 36.6 Å². The Bertz CT molecular complexity index is 413. The van der Waals surface area contributed by atoms with Gasteiger partial charge < -0.3 is 15.4 Å². The van der Waals surface area contributed by atoms with Gasteiger partial charge in [-0.3, -0.25) is 0 Å². The first kappa shape index (κ1) is 15.0. The van der Waals surface area contributed by atoms with Crippen molar-refractivity contribution in [3.63, 3.8) is 0 Å². The Hall–Kier alpha value is -1.06. The van der Waals surface area contributed by atoms with Crippen molar-refractivity contribution in [2.24, 2.45) is 0 Å². The maximum Gasteiger partial charge on any atom is 0.126 e. The molecule has 3 heteroatoms. The lowest BCUT2D eigenvalue weighted by atomic mass is 9.86. The normalized spacial score (nSPS) is 13.5. The van der Waals surface area contributed by atoms with Crippen molar-refractivity contribution in [2.45, 2.75) is 39.3 Å². The van der Waals surface area contributed by atoms with E-state index in [4.69, 9.17) is 4.74 Å². The van der Waals surface area contributed by atoms with Gasteiger partial charge >= 0.3 is 0 Å². The van der Waals surface area contributed by atoms with Gasteiger partial charge in [-0.2, -0.15) is 0 Å². The molecule has 0 radical (unpaired) electrons. The monoisotopic (exact) mass is 250 g/mol. The number of methoxy groups -OCH3 is 1. The van der Waals surface area contributed by atoms with Crippen LogP contribution < -0.4 is 15.4 Å². The van der Waals surface area contributed by atoms with E-state index in [0.29, 0.717) is 0 Å². The van der Waals surface area contributed by atoms with Crippen LogP contribution in [0.3, 0.4) is 0 Å². The summed E-state index contributed by atoms with van der Waals surface area (Å²) in [5.41, 5.74) is 3.59. The van der Waals surface area contributed by atoms with Crippen LogP contribution in [0, 0.1) is 13.8 Å². The van der Waals surface area contributed by atoms with Gasteiger partial charge in [-0.15, -0.1) is 0 Å². The molecule has 1 aromatic carbocycles. The minimum Gasteiger partial charge on any atom is -0.496 e. The van der Waals surface area contributed by atoms with Crippen molar-refractivity contribution < 1.29 is 4.74 Å². The standard InChI is InChI=1S/C15H26N2O/c1-10-8-11(2)13(18-7)12(9-10)14(16-5)15(3,4)17-6/h8-9,14,16-17H,1-7H3. The Morgan fingerprint density at radius 1 is 1.17 bits per heavy atom. The van der Waals surface area contributed by atoms with E-state index in [1.165, 1.54) is 16.7 Å². The van der Waals surface area contributed by atoms with Crippen molar-refractivity contribution in [3.8, 4) is 5.75 Å². The van der Waals surface area contributed by atoms with Crippen LogP contribution in [0.15, 0.2) is 12.1 Å². The molecular weight excluding hydrogens is 224 g/mol. The Kier molecular flexibility index (Phi) is 4.77. The second-order valence-corrected chi connectivity index (χ2v) is 5.40. The Labute approximate surface area is 111 Å². The summed E-state index contributed by atoms with van der Waals surface area (Å²) in [5.74, 6) is 0.975. The van der Waals surface area contributed by atoms with Crippen molar-refractivity contribution in [3.05, 3.63) is 28.8 Å². The topological polar surface area (TPSA) is 33.3 Å². The van der Waals surface area contributed by atoms with Gasteiger partial charge in [0.2, 0.25) is 0 Å². The SMILES string of the molecule is CNC(c1cc(C)cc(C)c1OC)C(C)(C)NC. The summed E-state index contributed by atoms with van der Waals surface area (Å²) >= 11 is 0. The van der Waals surface area contributed by atoms with Crippen LogP contribution >= 0.6 is 0 Å². The van der Waals surface area contributed by atoms with E-state index in [-0.39, 0.29) is 11.6 Å². The first-order valence-corrected chi connectivity index (χ1v) is 6.38. The average molecular weight is 250 g/mol. The lowest BCUT2D eigenvalue weighted by Crippen LogP contribution is -2.47. The molecule has 1 rings (SSSR count). The minimum atomic E-state index is -0.0533. The van der Waals surface area contributed by atoms with Gasteiger partial charge in [0.25, 0.3) is 0 Å². The average Bonchev–Trinajstić information content (AvgIpc) is 2.29. The van der Waals surface area contributed by atoms with Gasteiger partial charge in [-0.25, -0.2) is 0 Å². The summed E-state index contributed by atoms with van der Waals surface area (Å²) in [4.78, 5) is 0. The van der Waals surface area contributed by atoms with Crippen LogP contribution in [-0.4, -0.2) is 26.7 Å². The van der Waals surface area contributed by atoms with E-state index in [1.807, 2.05) is 14.1 Å². The van der Waals surface area contributed by atoms with E-state index in [2.05, 4.69) is 50.5 Å². The summed E-state index contributed by atoms with van der Waals surface area (Å²) in [6.45, 7) is 8.58. The second-order valence-electron chi connectivity index (χ2n) is 5.40. The first-order valence-electron chi connectivity index (χ1n) is 6.38. The molecule has 0 fully saturated rings. The van der Waals surface area contributed by atoms with E-state index in [9.17, 15) is 0 Å². The molecule has 1 atom stereocenters. The Morgan fingerprint density at radius 3 is 2.22 bits per heavy atom. The number of aryl methyl sites for hydroxylation is 2. The summed E-state index contributed by atoms with van der Waals surface area (Å²) in [6.07, 6.45) is 0. The predicted molar refractivity (Wildman–Crippen MR) is 77.4 cm³/mol. The lowest BCUT2D eigenvalue weighted by molar-refractivity contribution is 0.300. The zero-order valence-corrected chi connectivity index (χ0v) is 12.6. The predicted octanol–water partition coefficient (Wildman–Crippen LogP) is 2.57. The molecule has 0 spiro atoms. The first-order chi connectivity index (χ1) is 8.37.